The number of alkyl halides is 2. The predicted molar refractivity (Wildman–Crippen MR) is 103 cm³/mol. The Morgan fingerprint density at radius 1 is 1.18 bits per heavy atom. The lowest BCUT2D eigenvalue weighted by Crippen LogP contribution is -2.26. The summed E-state index contributed by atoms with van der Waals surface area (Å²) in [5.41, 5.74) is 1.21. The molecule has 1 amide bonds. The van der Waals surface area contributed by atoms with Crippen LogP contribution in [0.3, 0.4) is 0 Å². The third-order valence-electron chi connectivity index (χ3n) is 4.24. The van der Waals surface area contributed by atoms with Crippen molar-refractivity contribution in [2.75, 3.05) is 31.6 Å². The maximum atomic E-state index is 12.5. The van der Waals surface area contributed by atoms with Gasteiger partial charge in [-0.3, -0.25) is 4.79 Å². The Labute approximate surface area is 163 Å². The largest absolute Gasteiger partial charge is 0.493 e. The molecule has 8 heteroatoms. The number of benzene rings is 1. The fourth-order valence-corrected chi connectivity index (χ4v) is 2.74. The van der Waals surface area contributed by atoms with Crippen LogP contribution < -0.4 is 19.7 Å². The van der Waals surface area contributed by atoms with Crippen molar-refractivity contribution in [2.24, 2.45) is 0 Å². The molecule has 2 rings (SSSR count). The van der Waals surface area contributed by atoms with Crippen molar-refractivity contribution < 1.29 is 23.0 Å². The van der Waals surface area contributed by atoms with Crippen molar-refractivity contribution in [3.05, 3.63) is 47.7 Å². The number of anilines is 1. The normalized spacial score (nSPS) is 10.6. The van der Waals surface area contributed by atoms with E-state index >= 15 is 0 Å². The number of hydrogen-bond donors (Lipinski definition) is 1. The summed E-state index contributed by atoms with van der Waals surface area (Å²) in [6, 6.07) is 8.34. The number of nitrogens with one attached hydrogen (secondary N) is 1. The van der Waals surface area contributed by atoms with E-state index < -0.39 is 6.61 Å². The molecule has 0 fully saturated rings. The molecule has 1 aromatic heterocycles. The Morgan fingerprint density at radius 3 is 2.50 bits per heavy atom. The summed E-state index contributed by atoms with van der Waals surface area (Å²) in [6.45, 7) is 3.18. The molecule has 0 aliphatic carbocycles. The Morgan fingerprint density at radius 2 is 1.93 bits per heavy atom. The van der Waals surface area contributed by atoms with Crippen LogP contribution in [0.5, 0.6) is 11.5 Å². The molecule has 0 aliphatic rings. The first-order valence-corrected chi connectivity index (χ1v) is 9.09. The fraction of sp³-hybridized carbons (Fsp3) is 0.400. The number of hydrogen-bond acceptors (Lipinski definition) is 5. The molecule has 0 saturated heterocycles. The molecular formula is C20H25F2N3O3. The molecule has 0 radical (unpaired) electrons. The summed E-state index contributed by atoms with van der Waals surface area (Å²) in [5, 5.41) is 2.80. The maximum absolute atomic E-state index is 12.5. The molecular weight excluding hydrogens is 368 g/mol. The van der Waals surface area contributed by atoms with Crippen molar-refractivity contribution in [3.63, 3.8) is 0 Å². The SMILES string of the molecule is CCN(CC)c1ccc(C(=O)NCCc2ccc(OC)c(OC(F)F)c2)cn1. The van der Waals surface area contributed by atoms with Gasteiger partial charge >= 0.3 is 6.61 Å². The van der Waals surface area contributed by atoms with Crippen molar-refractivity contribution in [1.29, 1.82) is 0 Å². The Balaban J connectivity index is 1.93. The van der Waals surface area contributed by atoms with E-state index in [1.807, 2.05) is 19.9 Å². The minimum absolute atomic E-state index is 0.0301. The van der Waals surface area contributed by atoms with Crippen LogP contribution in [0.1, 0.15) is 29.8 Å². The summed E-state index contributed by atoms with van der Waals surface area (Å²) >= 11 is 0. The molecule has 2 aromatic rings. The quantitative estimate of drug-likeness (QED) is 0.669. The summed E-state index contributed by atoms with van der Waals surface area (Å²) < 4.78 is 34.5. The van der Waals surface area contributed by atoms with E-state index in [0.717, 1.165) is 24.5 Å². The van der Waals surface area contributed by atoms with Crippen LogP contribution in [0, 0.1) is 0 Å². The van der Waals surface area contributed by atoms with Gasteiger partial charge in [-0.05, 0) is 50.1 Å². The van der Waals surface area contributed by atoms with Crippen LogP contribution in [0.4, 0.5) is 14.6 Å². The summed E-state index contributed by atoms with van der Waals surface area (Å²) in [6.07, 6.45) is 2.01. The fourth-order valence-electron chi connectivity index (χ4n) is 2.74. The van der Waals surface area contributed by atoms with E-state index in [1.165, 1.54) is 13.2 Å². The second kappa shape index (κ2) is 10.4. The minimum atomic E-state index is -2.93. The number of halogens is 2. The number of rotatable bonds is 10. The van der Waals surface area contributed by atoms with Crippen LogP contribution >= 0.6 is 0 Å². The summed E-state index contributed by atoms with van der Waals surface area (Å²) in [5.74, 6) is 0.785. The number of methoxy groups -OCH3 is 1. The highest BCUT2D eigenvalue weighted by atomic mass is 19.3. The zero-order valence-electron chi connectivity index (χ0n) is 16.2. The smallest absolute Gasteiger partial charge is 0.387 e. The standard InChI is InChI=1S/C20H25F2N3O3/c1-4-25(5-2)18-9-7-15(13-24-18)19(26)23-11-10-14-6-8-16(27-3)17(12-14)28-20(21)22/h6-9,12-13,20H,4-5,10-11H2,1-3H3,(H,23,26). The highest BCUT2D eigenvalue weighted by Crippen LogP contribution is 2.29. The van der Waals surface area contributed by atoms with Crippen LogP contribution in [0.25, 0.3) is 0 Å². The molecule has 0 unspecified atom stereocenters. The number of nitrogens with zero attached hydrogens (tertiary/aromatic N) is 2. The van der Waals surface area contributed by atoms with Crippen LogP contribution in [0.2, 0.25) is 0 Å². The number of carbonyl (C=O) groups is 1. The van der Waals surface area contributed by atoms with Crippen molar-refractivity contribution >= 4 is 11.7 Å². The second-order valence-electron chi connectivity index (χ2n) is 5.95. The zero-order valence-corrected chi connectivity index (χ0v) is 16.2. The van der Waals surface area contributed by atoms with Gasteiger partial charge in [0, 0.05) is 25.8 Å². The lowest BCUT2D eigenvalue weighted by molar-refractivity contribution is -0.0512. The van der Waals surface area contributed by atoms with Gasteiger partial charge in [0.2, 0.25) is 0 Å². The molecule has 0 spiro atoms. The second-order valence-corrected chi connectivity index (χ2v) is 5.95. The van der Waals surface area contributed by atoms with Gasteiger partial charge in [0.15, 0.2) is 11.5 Å². The molecule has 0 atom stereocenters. The first-order chi connectivity index (χ1) is 13.5. The monoisotopic (exact) mass is 393 g/mol. The van der Waals surface area contributed by atoms with Gasteiger partial charge in [-0.2, -0.15) is 8.78 Å². The molecule has 28 heavy (non-hydrogen) atoms. The van der Waals surface area contributed by atoms with Crippen molar-refractivity contribution in [2.45, 2.75) is 26.9 Å². The number of aromatic nitrogens is 1. The minimum Gasteiger partial charge on any atom is -0.493 e. The average molecular weight is 393 g/mol. The lowest BCUT2D eigenvalue weighted by atomic mass is 10.1. The van der Waals surface area contributed by atoms with Gasteiger partial charge in [0.25, 0.3) is 5.91 Å². The molecule has 0 bridgehead atoms. The van der Waals surface area contributed by atoms with Crippen LogP contribution in [-0.2, 0) is 6.42 Å². The highest BCUT2D eigenvalue weighted by Gasteiger charge is 2.12. The Bertz CT molecular complexity index is 766. The van der Waals surface area contributed by atoms with Gasteiger partial charge in [-0.25, -0.2) is 4.98 Å². The molecule has 1 heterocycles. The van der Waals surface area contributed by atoms with Gasteiger partial charge in [0.1, 0.15) is 5.82 Å². The number of amides is 1. The Kier molecular flexibility index (Phi) is 7.98. The first-order valence-electron chi connectivity index (χ1n) is 9.09. The molecule has 1 N–H and O–H groups in total. The van der Waals surface area contributed by atoms with E-state index in [4.69, 9.17) is 4.74 Å². The molecule has 0 aliphatic heterocycles. The third kappa shape index (κ3) is 5.80. The molecule has 1 aromatic carbocycles. The topological polar surface area (TPSA) is 63.7 Å². The van der Waals surface area contributed by atoms with E-state index in [1.54, 1.807) is 24.4 Å². The average Bonchev–Trinajstić information content (AvgIpc) is 2.69. The number of ether oxygens (including phenoxy) is 2. The van der Waals surface area contributed by atoms with Crippen LogP contribution in [0.15, 0.2) is 36.5 Å². The zero-order chi connectivity index (χ0) is 20.5. The van der Waals surface area contributed by atoms with E-state index in [0.29, 0.717) is 18.5 Å². The van der Waals surface area contributed by atoms with Gasteiger partial charge in [-0.1, -0.05) is 6.07 Å². The van der Waals surface area contributed by atoms with E-state index in [9.17, 15) is 13.6 Å². The van der Waals surface area contributed by atoms with Gasteiger partial charge in [-0.15, -0.1) is 0 Å². The highest BCUT2D eigenvalue weighted by molar-refractivity contribution is 5.94. The molecule has 152 valence electrons. The summed E-state index contributed by atoms with van der Waals surface area (Å²) in [4.78, 5) is 18.7. The predicted octanol–water partition coefficient (Wildman–Crippen LogP) is 3.51. The van der Waals surface area contributed by atoms with E-state index in [2.05, 4.69) is 19.9 Å². The maximum Gasteiger partial charge on any atom is 0.387 e. The summed E-state index contributed by atoms with van der Waals surface area (Å²) in [7, 11) is 1.38. The first kappa shape index (κ1) is 21.4. The Hall–Kier alpha value is -2.90. The van der Waals surface area contributed by atoms with E-state index in [-0.39, 0.29) is 17.4 Å². The molecule has 6 nitrogen and oxygen atoms in total. The van der Waals surface area contributed by atoms with Gasteiger partial charge in [0.05, 0.1) is 12.7 Å². The van der Waals surface area contributed by atoms with Crippen LogP contribution in [-0.4, -0.2) is 44.2 Å². The third-order valence-corrected chi connectivity index (χ3v) is 4.24. The molecule has 0 saturated carbocycles. The number of pyridine rings is 1. The van der Waals surface area contributed by atoms with Crippen molar-refractivity contribution in [3.8, 4) is 11.5 Å². The lowest BCUT2D eigenvalue weighted by Gasteiger charge is -2.19. The van der Waals surface area contributed by atoms with Gasteiger partial charge < -0.3 is 19.7 Å². The number of carbonyl (C=O) groups excluding carboxylic acids is 1. The van der Waals surface area contributed by atoms with Crippen molar-refractivity contribution in [1.82, 2.24) is 10.3 Å².